The highest BCUT2D eigenvalue weighted by molar-refractivity contribution is 6.35. The van der Waals surface area contributed by atoms with E-state index in [2.05, 4.69) is 6.92 Å². The summed E-state index contributed by atoms with van der Waals surface area (Å²) in [5, 5.41) is 1.43. The summed E-state index contributed by atoms with van der Waals surface area (Å²) in [7, 11) is 0. The normalized spacial score (nSPS) is 24.6. The van der Waals surface area contributed by atoms with E-state index in [0.717, 1.165) is 22.9 Å². The predicted octanol–water partition coefficient (Wildman–Crippen LogP) is 5.47. The zero-order valence-electron chi connectivity index (χ0n) is 12.2. The number of nitrogens with two attached hydrogens (primary N) is 1. The third-order valence-electron chi connectivity index (χ3n) is 4.66. The van der Waals surface area contributed by atoms with Crippen LogP contribution in [0.3, 0.4) is 0 Å². The van der Waals surface area contributed by atoms with Crippen LogP contribution in [0.4, 0.5) is 0 Å². The fourth-order valence-corrected chi connectivity index (χ4v) is 3.91. The summed E-state index contributed by atoms with van der Waals surface area (Å²) in [6, 6.07) is 5.93. The van der Waals surface area contributed by atoms with Gasteiger partial charge in [0.05, 0.1) is 0 Å². The molecule has 0 spiro atoms. The van der Waals surface area contributed by atoms with Gasteiger partial charge in [0.25, 0.3) is 0 Å². The summed E-state index contributed by atoms with van der Waals surface area (Å²) in [6.45, 7) is 2.28. The monoisotopic (exact) mass is 313 g/mol. The molecular formula is C17H25Cl2N. The summed E-state index contributed by atoms with van der Waals surface area (Å²) < 4.78 is 0. The second-order valence-electron chi connectivity index (χ2n) is 6.17. The molecule has 0 amide bonds. The van der Waals surface area contributed by atoms with Crippen molar-refractivity contribution < 1.29 is 0 Å². The van der Waals surface area contributed by atoms with Crippen molar-refractivity contribution in [2.45, 2.75) is 57.9 Å². The number of hydrogen-bond donors (Lipinski definition) is 1. The molecule has 1 nitrogen and oxygen atoms in total. The van der Waals surface area contributed by atoms with Crippen LogP contribution in [-0.2, 0) is 6.42 Å². The second-order valence-corrected chi connectivity index (χ2v) is 7.02. The first-order valence-corrected chi connectivity index (χ1v) is 8.55. The smallest absolute Gasteiger partial charge is 0.0453 e. The lowest BCUT2D eigenvalue weighted by Gasteiger charge is -2.32. The third kappa shape index (κ3) is 4.38. The lowest BCUT2D eigenvalue weighted by Crippen LogP contribution is -2.35. The lowest BCUT2D eigenvalue weighted by atomic mass is 9.76. The van der Waals surface area contributed by atoms with E-state index in [1.165, 1.54) is 38.5 Å². The molecule has 0 bridgehead atoms. The molecule has 1 aromatic rings. The molecule has 112 valence electrons. The highest BCUT2D eigenvalue weighted by Gasteiger charge is 2.25. The van der Waals surface area contributed by atoms with Gasteiger partial charge in [0.1, 0.15) is 0 Å². The minimum absolute atomic E-state index is 0.219. The summed E-state index contributed by atoms with van der Waals surface area (Å²) >= 11 is 12.2. The first-order chi connectivity index (χ1) is 9.60. The van der Waals surface area contributed by atoms with Crippen molar-refractivity contribution >= 4 is 23.2 Å². The van der Waals surface area contributed by atoms with Crippen molar-refractivity contribution in [3.05, 3.63) is 33.8 Å². The standard InChI is InChI=1S/C17H25Cl2N/c1-2-3-12-4-6-13(7-5-12)17(20)10-14-8-9-15(18)11-16(14)19/h8-9,11-13,17H,2-7,10,20H2,1H3. The van der Waals surface area contributed by atoms with Crippen LogP contribution in [0.1, 0.15) is 51.0 Å². The molecule has 2 N–H and O–H groups in total. The Hall–Kier alpha value is -0.240. The van der Waals surface area contributed by atoms with Gasteiger partial charge in [0.15, 0.2) is 0 Å². The van der Waals surface area contributed by atoms with Gasteiger partial charge < -0.3 is 5.73 Å². The molecule has 1 atom stereocenters. The van der Waals surface area contributed by atoms with Crippen LogP contribution in [0.15, 0.2) is 18.2 Å². The Morgan fingerprint density at radius 2 is 1.90 bits per heavy atom. The van der Waals surface area contributed by atoms with E-state index in [4.69, 9.17) is 28.9 Å². The zero-order valence-corrected chi connectivity index (χ0v) is 13.8. The molecule has 0 heterocycles. The van der Waals surface area contributed by atoms with E-state index in [1.807, 2.05) is 18.2 Å². The van der Waals surface area contributed by atoms with Crippen molar-refractivity contribution in [2.24, 2.45) is 17.6 Å². The van der Waals surface area contributed by atoms with E-state index >= 15 is 0 Å². The molecule has 1 saturated carbocycles. The Bertz CT molecular complexity index is 425. The quantitative estimate of drug-likeness (QED) is 0.766. The van der Waals surface area contributed by atoms with Crippen molar-refractivity contribution in [2.75, 3.05) is 0 Å². The van der Waals surface area contributed by atoms with E-state index in [0.29, 0.717) is 10.9 Å². The molecule has 0 radical (unpaired) electrons. The maximum atomic E-state index is 6.42. The fraction of sp³-hybridized carbons (Fsp3) is 0.647. The van der Waals surface area contributed by atoms with Gasteiger partial charge in [-0.1, -0.05) is 61.9 Å². The van der Waals surface area contributed by atoms with E-state index < -0.39 is 0 Å². The maximum absolute atomic E-state index is 6.42. The van der Waals surface area contributed by atoms with Crippen molar-refractivity contribution in [3.8, 4) is 0 Å². The van der Waals surface area contributed by atoms with Crippen LogP contribution >= 0.6 is 23.2 Å². The molecule has 1 aliphatic carbocycles. The van der Waals surface area contributed by atoms with Gasteiger partial charge >= 0.3 is 0 Å². The molecular weight excluding hydrogens is 289 g/mol. The van der Waals surface area contributed by atoms with Crippen molar-refractivity contribution in [1.29, 1.82) is 0 Å². The van der Waals surface area contributed by atoms with Gasteiger partial charge in [-0.05, 0) is 48.8 Å². The first kappa shape index (κ1) is 16.1. The molecule has 1 fully saturated rings. The van der Waals surface area contributed by atoms with Crippen LogP contribution in [0.2, 0.25) is 10.0 Å². The molecule has 0 saturated heterocycles. The molecule has 20 heavy (non-hydrogen) atoms. The first-order valence-electron chi connectivity index (χ1n) is 7.79. The maximum Gasteiger partial charge on any atom is 0.0453 e. The number of rotatable bonds is 5. The predicted molar refractivity (Wildman–Crippen MR) is 88.5 cm³/mol. The van der Waals surface area contributed by atoms with Crippen molar-refractivity contribution in [3.63, 3.8) is 0 Å². The van der Waals surface area contributed by atoms with E-state index in [9.17, 15) is 0 Å². The molecule has 1 aliphatic rings. The van der Waals surface area contributed by atoms with Gasteiger partial charge in [-0.3, -0.25) is 0 Å². The molecule has 1 aromatic carbocycles. The number of hydrogen-bond acceptors (Lipinski definition) is 1. The molecule has 3 heteroatoms. The Labute approximate surface area is 132 Å². The minimum atomic E-state index is 0.219. The highest BCUT2D eigenvalue weighted by atomic mass is 35.5. The number of halogens is 2. The van der Waals surface area contributed by atoms with E-state index in [1.54, 1.807) is 0 Å². The zero-order chi connectivity index (χ0) is 14.5. The fourth-order valence-electron chi connectivity index (χ4n) is 3.42. The van der Waals surface area contributed by atoms with Crippen LogP contribution < -0.4 is 5.73 Å². The Balaban J connectivity index is 1.87. The summed E-state index contributed by atoms with van der Waals surface area (Å²) in [5.74, 6) is 1.58. The Morgan fingerprint density at radius 1 is 1.20 bits per heavy atom. The topological polar surface area (TPSA) is 26.0 Å². The SMILES string of the molecule is CCCC1CCC(C(N)Cc2ccc(Cl)cc2Cl)CC1. The summed E-state index contributed by atoms with van der Waals surface area (Å²) in [6.07, 6.45) is 8.79. The molecule has 2 rings (SSSR count). The minimum Gasteiger partial charge on any atom is -0.327 e. The van der Waals surface area contributed by atoms with Gasteiger partial charge in [0, 0.05) is 16.1 Å². The lowest BCUT2D eigenvalue weighted by molar-refractivity contribution is 0.232. The molecule has 0 aliphatic heterocycles. The van der Waals surface area contributed by atoms with Gasteiger partial charge in [0.2, 0.25) is 0 Å². The van der Waals surface area contributed by atoms with E-state index in [-0.39, 0.29) is 6.04 Å². The number of benzene rings is 1. The third-order valence-corrected chi connectivity index (χ3v) is 5.25. The van der Waals surface area contributed by atoms with Crippen LogP contribution in [0, 0.1) is 11.8 Å². The van der Waals surface area contributed by atoms with Crippen LogP contribution in [0.5, 0.6) is 0 Å². The summed E-state index contributed by atoms with van der Waals surface area (Å²) in [5.41, 5.74) is 7.54. The molecule has 0 aromatic heterocycles. The van der Waals surface area contributed by atoms with Gasteiger partial charge in [-0.2, -0.15) is 0 Å². The van der Waals surface area contributed by atoms with Crippen LogP contribution in [-0.4, -0.2) is 6.04 Å². The van der Waals surface area contributed by atoms with Crippen LogP contribution in [0.25, 0.3) is 0 Å². The highest BCUT2D eigenvalue weighted by Crippen LogP contribution is 2.34. The Morgan fingerprint density at radius 3 is 2.50 bits per heavy atom. The second kappa shape index (κ2) is 7.68. The summed E-state index contributed by atoms with van der Waals surface area (Å²) in [4.78, 5) is 0. The average molecular weight is 314 g/mol. The van der Waals surface area contributed by atoms with Crippen molar-refractivity contribution in [1.82, 2.24) is 0 Å². The average Bonchev–Trinajstić information content (AvgIpc) is 2.43. The van der Waals surface area contributed by atoms with Gasteiger partial charge in [-0.25, -0.2) is 0 Å². The van der Waals surface area contributed by atoms with Gasteiger partial charge in [-0.15, -0.1) is 0 Å². The largest absolute Gasteiger partial charge is 0.327 e. The molecule has 1 unspecified atom stereocenters. The Kier molecular flexibility index (Phi) is 6.20.